The van der Waals surface area contributed by atoms with E-state index in [0.29, 0.717) is 0 Å². The minimum absolute atomic E-state index is 0.788. The van der Waals surface area contributed by atoms with E-state index in [4.69, 9.17) is 4.98 Å². The van der Waals surface area contributed by atoms with Crippen molar-refractivity contribution >= 4 is 34.2 Å². The van der Waals surface area contributed by atoms with Crippen molar-refractivity contribution < 1.29 is 0 Å². The van der Waals surface area contributed by atoms with Gasteiger partial charge in [0, 0.05) is 55.9 Å². The summed E-state index contributed by atoms with van der Waals surface area (Å²) in [6, 6.07) is 10.1. The van der Waals surface area contributed by atoms with E-state index >= 15 is 0 Å². The fourth-order valence-corrected chi connectivity index (χ4v) is 3.76. The van der Waals surface area contributed by atoms with E-state index in [1.54, 1.807) is 0 Å². The van der Waals surface area contributed by atoms with Crippen molar-refractivity contribution in [3.05, 3.63) is 48.2 Å². The molecule has 4 rings (SSSR count). The van der Waals surface area contributed by atoms with E-state index in [0.717, 1.165) is 66.5 Å². The van der Waals surface area contributed by atoms with Crippen LogP contribution in [-0.2, 0) is 13.5 Å². The normalized spacial score (nSPS) is 13.7. The molecule has 146 valence electrons. The Morgan fingerprint density at radius 2 is 1.86 bits per heavy atom. The van der Waals surface area contributed by atoms with Crippen LogP contribution in [0, 0.1) is 0 Å². The number of unbranched alkanes of at least 4 members (excludes halogenated alkanes) is 1. The molecule has 0 saturated carbocycles. The number of nitrogens with zero attached hydrogens (tertiary/aromatic N) is 4. The number of nitrogens with one attached hydrogen (secondary N) is 2. The van der Waals surface area contributed by atoms with E-state index in [1.165, 1.54) is 11.3 Å². The summed E-state index contributed by atoms with van der Waals surface area (Å²) in [5, 5.41) is 7.86. The Morgan fingerprint density at radius 1 is 1.07 bits per heavy atom. The number of anilines is 3. The molecule has 3 aromatic rings. The molecule has 1 aliphatic rings. The summed E-state index contributed by atoms with van der Waals surface area (Å²) < 4.78 is 2.20. The molecule has 1 aliphatic heterocycles. The highest BCUT2D eigenvalue weighted by Gasteiger charge is 2.24. The van der Waals surface area contributed by atoms with E-state index in [-0.39, 0.29) is 0 Å². The van der Waals surface area contributed by atoms with Crippen molar-refractivity contribution in [3.63, 3.8) is 0 Å². The van der Waals surface area contributed by atoms with Crippen molar-refractivity contribution in [3.8, 4) is 0 Å². The SMILES string of the molecule is C=C1c2c(n(C)c3nc(Nc4cccc(NCCCC)n4)ccc23)CCN1C. The molecule has 0 fully saturated rings. The Balaban J connectivity index is 1.62. The predicted octanol–water partition coefficient (Wildman–Crippen LogP) is 4.38. The van der Waals surface area contributed by atoms with Crippen LogP contribution in [0.25, 0.3) is 16.7 Å². The minimum atomic E-state index is 0.788. The van der Waals surface area contributed by atoms with E-state index in [9.17, 15) is 0 Å². The maximum Gasteiger partial charge on any atom is 0.143 e. The van der Waals surface area contributed by atoms with Crippen LogP contribution >= 0.6 is 0 Å². The molecule has 0 aromatic carbocycles. The van der Waals surface area contributed by atoms with Gasteiger partial charge in [0.1, 0.15) is 23.1 Å². The molecule has 0 amide bonds. The molecule has 2 N–H and O–H groups in total. The van der Waals surface area contributed by atoms with Crippen molar-refractivity contribution in [1.82, 2.24) is 19.4 Å². The first-order chi connectivity index (χ1) is 13.6. The first kappa shape index (κ1) is 18.3. The number of hydrogen-bond donors (Lipinski definition) is 2. The Kier molecular flexibility index (Phi) is 4.94. The van der Waals surface area contributed by atoms with E-state index in [2.05, 4.69) is 58.7 Å². The summed E-state index contributed by atoms with van der Waals surface area (Å²) in [6.45, 7) is 8.39. The van der Waals surface area contributed by atoms with Crippen molar-refractivity contribution in [2.45, 2.75) is 26.2 Å². The molecule has 4 heterocycles. The quantitative estimate of drug-likeness (QED) is 0.625. The van der Waals surface area contributed by atoms with Gasteiger partial charge in [0.2, 0.25) is 0 Å². The largest absolute Gasteiger partial charge is 0.374 e. The lowest BCUT2D eigenvalue weighted by Crippen LogP contribution is -2.25. The molecule has 0 saturated heterocycles. The van der Waals surface area contributed by atoms with Gasteiger partial charge >= 0.3 is 0 Å². The first-order valence-corrected chi connectivity index (χ1v) is 9.95. The van der Waals surface area contributed by atoms with Gasteiger partial charge in [-0.15, -0.1) is 0 Å². The van der Waals surface area contributed by atoms with Gasteiger partial charge in [-0.05, 0) is 30.7 Å². The van der Waals surface area contributed by atoms with Gasteiger partial charge in [-0.25, -0.2) is 9.97 Å². The highest BCUT2D eigenvalue weighted by Crippen LogP contribution is 2.35. The number of likely N-dealkylation sites (N-methyl/N-ethyl adjacent to an activating group) is 1. The summed E-state index contributed by atoms with van der Waals surface area (Å²) in [6.07, 6.45) is 3.31. The summed E-state index contributed by atoms with van der Waals surface area (Å²) in [5.41, 5.74) is 4.58. The molecule has 0 bridgehead atoms. The fourth-order valence-electron chi connectivity index (χ4n) is 3.76. The average Bonchev–Trinajstić information content (AvgIpc) is 2.98. The number of hydrogen-bond acceptors (Lipinski definition) is 5. The van der Waals surface area contributed by atoms with Crippen LogP contribution in [0.2, 0.25) is 0 Å². The third kappa shape index (κ3) is 3.30. The van der Waals surface area contributed by atoms with Gasteiger partial charge in [0.25, 0.3) is 0 Å². The maximum atomic E-state index is 4.87. The molecular weight excluding hydrogens is 348 g/mol. The number of aryl methyl sites for hydroxylation is 1. The Labute approximate surface area is 166 Å². The van der Waals surface area contributed by atoms with Gasteiger partial charge in [0.15, 0.2) is 0 Å². The predicted molar refractivity (Wildman–Crippen MR) is 117 cm³/mol. The van der Waals surface area contributed by atoms with E-state index < -0.39 is 0 Å². The van der Waals surface area contributed by atoms with Crippen molar-refractivity contribution in [2.24, 2.45) is 7.05 Å². The number of pyridine rings is 2. The van der Waals surface area contributed by atoms with Crippen LogP contribution in [0.1, 0.15) is 31.0 Å². The van der Waals surface area contributed by atoms with Gasteiger partial charge in [-0.2, -0.15) is 0 Å². The lowest BCUT2D eigenvalue weighted by molar-refractivity contribution is 0.463. The number of aromatic nitrogens is 3. The van der Waals surface area contributed by atoms with Crippen LogP contribution in [0.15, 0.2) is 36.9 Å². The maximum absolute atomic E-state index is 4.87. The lowest BCUT2D eigenvalue weighted by Gasteiger charge is -2.27. The fraction of sp³-hybridized carbons (Fsp3) is 0.364. The second kappa shape index (κ2) is 7.54. The zero-order valence-corrected chi connectivity index (χ0v) is 16.9. The molecule has 28 heavy (non-hydrogen) atoms. The molecule has 0 radical (unpaired) electrons. The Morgan fingerprint density at radius 3 is 2.68 bits per heavy atom. The number of rotatable bonds is 6. The number of fused-ring (bicyclic) bond motifs is 3. The van der Waals surface area contributed by atoms with Crippen LogP contribution in [0.5, 0.6) is 0 Å². The van der Waals surface area contributed by atoms with Gasteiger partial charge in [0.05, 0.1) is 0 Å². The molecule has 6 heteroatoms. The molecular formula is C22H28N6. The second-order valence-corrected chi connectivity index (χ2v) is 7.38. The molecule has 0 unspecified atom stereocenters. The zero-order chi connectivity index (χ0) is 19.7. The summed E-state index contributed by atoms with van der Waals surface area (Å²) in [4.78, 5) is 11.7. The van der Waals surface area contributed by atoms with Gasteiger partial charge in [-0.3, -0.25) is 0 Å². The summed E-state index contributed by atoms with van der Waals surface area (Å²) in [7, 11) is 4.19. The zero-order valence-electron chi connectivity index (χ0n) is 16.9. The van der Waals surface area contributed by atoms with Gasteiger partial charge in [-0.1, -0.05) is 26.0 Å². The standard InChI is InChI=1S/C22H28N6/c1-5-6-13-23-18-8-7-9-19(24-18)25-20-11-10-16-21-15(2)27(3)14-12-17(21)28(4)22(16)26-20/h7-11H,2,5-6,12-14H2,1,3-4H3,(H2,23,24,25,26). The highest BCUT2D eigenvalue weighted by atomic mass is 15.2. The Hall–Kier alpha value is -3.02. The molecule has 0 aliphatic carbocycles. The Bertz CT molecular complexity index is 1020. The third-order valence-corrected chi connectivity index (χ3v) is 5.43. The first-order valence-electron chi connectivity index (χ1n) is 9.95. The molecule has 0 spiro atoms. The van der Waals surface area contributed by atoms with E-state index in [1.807, 2.05) is 24.3 Å². The molecule has 0 atom stereocenters. The summed E-state index contributed by atoms with van der Waals surface area (Å²) >= 11 is 0. The average molecular weight is 377 g/mol. The minimum Gasteiger partial charge on any atom is -0.374 e. The highest BCUT2D eigenvalue weighted by molar-refractivity contribution is 5.93. The van der Waals surface area contributed by atoms with Crippen molar-refractivity contribution in [2.75, 3.05) is 30.8 Å². The second-order valence-electron chi connectivity index (χ2n) is 7.38. The van der Waals surface area contributed by atoms with Crippen LogP contribution < -0.4 is 10.6 Å². The molecule has 3 aromatic heterocycles. The van der Waals surface area contributed by atoms with Gasteiger partial charge < -0.3 is 20.1 Å². The smallest absolute Gasteiger partial charge is 0.143 e. The topological polar surface area (TPSA) is 58.0 Å². The lowest BCUT2D eigenvalue weighted by atomic mass is 10.0. The molecule has 6 nitrogen and oxygen atoms in total. The monoisotopic (exact) mass is 376 g/mol. The van der Waals surface area contributed by atoms with Crippen molar-refractivity contribution in [1.29, 1.82) is 0 Å². The summed E-state index contributed by atoms with van der Waals surface area (Å²) in [5.74, 6) is 2.47. The van der Waals surface area contributed by atoms with Crippen LogP contribution in [0.3, 0.4) is 0 Å². The third-order valence-electron chi connectivity index (χ3n) is 5.43. The van der Waals surface area contributed by atoms with Crippen LogP contribution in [0.4, 0.5) is 17.5 Å². The van der Waals surface area contributed by atoms with Crippen LogP contribution in [-0.4, -0.2) is 39.6 Å².